The van der Waals surface area contributed by atoms with Crippen molar-refractivity contribution in [3.8, 4) is 62.0 Å². The maximum Gasteiger partial charge on any atom is 0.417 e. The fourth-order valence-electron chi connectivity index (χ4n) is 9.67. The molecule has 0 N–H and O–H groups in total. The largest absolute Gasteiger partial charge is 0.417 e. The van der Waals surface area contributed by atoms with Crippen molar-refractivity contribution in [3.05, 3.63) is 216 Å². The van der Waals surface area contributed by atoms with Gasteiger partial charge in [-0.2, -0.15) is 31.6 Å². The van der Waals surface area contributed by atoms with Gasteiger partial charge in [0.15, 0.2) is 0 Å². The van der Waals surface area contributed by atoms with Gasteiger partial charge < -0.3 is 9.13 Å². The molecule has 2 aromatic heterocycles. The van der Waals surface area contributed by atoms with Gasteiger partial charge in [0.05, 0.1) is 50.5 Å². The van der Waals surface area contributed by atoms with Crippen LogP contribution in [0.25, 0.3) is 99.5 Å². The molecule has 0 radical (unpaired) electrons. The molecule has 330 valence electrons. The quantitative estimate of drug-likeness (QED) is 0.153. The summed E-state index contributed by atoms with van der Waals surface area (Å²) in [6.07, 6.45) is -10.2. The van der Waals surface area contributed by atoms with E-state index in [-0.39, 0.29) is 22.8 Å². The van der Waals surface area contributed by atoms with Crippen molar-refractivity contribution in [2.75, 3.05) is 0 Å². The Balaban J connectivity index is 1.21. The van der Waals surface area contributed by atoms with Crippen molar-refractivity contribution < 1.29 is 26.3 Å². The van der Waals surface area contributed by atoms with Crippen molar-refractivity contribution in [1.29, 1.82) is 5.26 Å². The van der Waals surface area contributed by atoms with Crippen LogP contribution in [-0.4, -0.2) is 9.13 Å². The normalized spacial score (nSPS) is 12.1. The zero-order valence-corrected chi connectivity index (χ0v) is 36.5. The highest BCUT2D eigenvalue weighted by atomic mass is 19.4. The number of alkyl halides is 6. The number of nitrogens with zero attached hydrogens (tertiary/aromatic N) is 3. The van der Waals surface area contributed by atoms with Crippen LogP contribution in [0, 0.1) is 25.2 Å². The second-order valence-corrected chi connectivity index (χ2v) is 17.2. The van der Waals surface area contributed by atoms with Crippen LogP contribution in [0.4, 0.5) is 26.3 Å². The second-order valence-electron chi connectivity index (χ2n) is 17.2. The lowest BCUT2D eigenvalue weighted by molar-refractivity contribution is -0.142. The van der Waals surface area contributed by atoms with E-state index in [0.717, 1.165) is 83.1 Å². The Morgan fingerprint density at radius 2 is 0.912 bits per heavy atom. The molecule has 0 saturated heterocycles. The van der Waals surface area contributed by atoms with E-state index in [1.807, 2.05) is 91.2 Å². The molecule has 0 fully saturated rings. The number of hydrogen-bond donors (Lipinski definition) is 0. The molecule has 3 nitrogen and oxygen atoms in total. The summed E-state index contributed by atoms with van der Waals surface area (Å²) in [7, 11) is 0. The zero-order chi connectivity index (χ0) is 47.1. The third-order valence-electron chi connectivity index (χ3n) is 13.0. The first kappa shape index (κ1) is 42.3. The Morgan fingerprint density at radius 1 is 0.397 bits per heavy atom. The molecule has 11 aromatic rings. The molecule has 11 rings (SSSR count). The van der Waals surface area contributed by atoms with Crippen molar-refractivity contribution >= 4 is 43.6 Å². The van der Waals surface area contributed by atoms with Crippen LogP contribution in [0.3, 0.4) is 0 Å². The molecule has 0 unspecified atom stereocenters. The van der Waals surface area contributed by atoms with Crippen molar-refractivity contribution in [3.63, 3.8) is 0 Å². The Hall–Kier alpha value is -8.35. The summed E-state index contributed by atoms with van der Waals surface area (Å²) in [6, 6.07) is 58.8. The first-order chi connectivity index (χ1) is 32.7. The molecule has 0 atom stereocenters. The van der Waals surface area contributed by atoms with Crippen LogP contribution < -0.4 is 0 Å². The number of nitriles is 1. The lowest BCUT2D eigenvalue weighted by Crippen LogP contribution is -2.12. The number of para-hydroxylation sites is 2. The summed E-state index contributed by atoms with van der Waals surface area (Å²) in [4.78, 5) is 0. The summed E-state index contributed by atoms with van der Waals surface area (Å²) in [6.45, 7) is 4.07. The zero-order valence-electron chi connectivity index (χ0n) is 36.5. The van der Waals surface area contributed by atoms with Crippen LogP contribution >= 0.6 is 0 Å². The molecule has 9 aromatic carbocycles. The van der Waals surface area contributed by atoms with Crippen LogP contribution in [0.5, 0.6) is 0 Å². The third kappa shape index (κ3) is 7.17. The minimum atomic E-state index is -5.16. The smallest absolute Gasteiger partial charge is 0.309 e. The summed E-state index contributed by atoms with van der Waals surface area (Å²) in [5.74, 6) is 0. The number of benzene rings is 9. The Morgan fingerprint density at radius 3 is 1.47 bits per heavy atom. The minimum absolute atomic E-state index is 0.0380. The van der Waals surface area contributed by atoms with Crippen LogP contribution in [0.1, 0.15) is 27.8 Å². The van der Waals surface area contributed by atoms with Gasteiger partial charge in [-0.25, -0.2) is 0 Å². The van der Waals surface area contributed by atoms with E-state index in [2.05, 4.69) is 71.3 Å². The van der Waals surface area contributed by atoms with E-state index >= 15 is 13.2 Å². The lowest BCUT2D eigenvalue weighted by Gasteiger charge is -2.22. The number of aryl methyl sites for hydroxylation is 2. The maximum atomic E-state index is 15.2. The maximum absolute atomic E-state index is 15.2. The predicted molar refractivity (Wildman–Crippen MR) is 261 cm³/mol. The molecule has 0 aliphatic carbocycles. The van der Waals surface area contributed by atoms with Gasteiger partial charge in [-0.1, -0.05) is 120 Å². The summed E-state index contributed by atoms with van der Waals surface area (Å²) >= 11 is 0. The topological polar surface area (TPSA) is 33.6 Å². The molecule has 2 heterocycles. The average Bonchev–Trinajstić information content (AvgIpc) is 3.85. The van der Waals surface area contributed by atoms with Gasteiger partial charge >= 0.3 is 12.4 Å². The number of aromatic nitrogens is 2. The van der Waals surface area contributed by atoms with Gasteiger partial charge in [-0.3, -0.25) is 0 Å². The van der Waals surface area contributed by atoms with Crippen LogP contribution in [0.15, 0.2) is 188 Å². The number of rotatable bonds is 6. The molecular weight excluding hydrogens is 865 g/mol. The van der Waals surface area contributed by atoms with Crippen molar-refractivity contribution in [2.24, 2.45) is 0 Å². The fourth-order valence-corrected chi connectivity index (χ4v) is 9.67. The van der Waals surface area contributed by atoms with Gasteiger partial charge in [-0.15, -0.1) is 0 Å². The van der Waals surface area contributed by atoms with Crippen molar-refractivity contribution in [1.82, 2.24) is 9.13 Å². The highest BCUT2D eigenvalue weighted by molar-refractivity contribution is 6.12. The highest BCUT2D eigenvalue weighted by Gasteiger charge is 2.39. The lowest BCUT2D eigenvalue weighted by atomic mass is 9.88. The van der Waals surface area contributed by atoms with E-state index in [0.29, 0.717) is 23.0 Å². The highest BCUT2D eigenvalue weighted by Crippen LogP contribution is 2.47. The molecule has 0 amide bonds. The van der Waals surface area contributed by atoms with Crippen LogP contribution in [0.2, 0.25) is 0 Å². The number of hydrogen-bond acceptors (Lipinski definition) is 1. The molecule has 0 saturated carbocycles. The van der Waals surface area contributed by atoms with Crippen molar-refractivity contribution in [2.45, 2.75) is 26.2 Å². The number of halogens is 6. The van der Waals surface area contributed by atoms with Gasteiger partial charge in [0.1, 0.15) is 0 Å². The predicted octanol–water partition coefficient (Wildman–Crippen LogP) is 17.1. The first-order valence-corrected chi connectivity index (χ1v) is 21.9. The molecule has 9 heteroatoms. The van der Waals surface area contributed by atoms with Gasteiger partial charge in [-0.05, 0) is 132 Å². The average molecular weight is 902 g/mol. The SMILES string of the molecule is Cc1ccc(-c2ccc3c(c2)c2ccccc2n3-c2ccc(-c3ccc(C(F)(F)F)cc3C(F)(F)F)c(-c3cc(C#N)ccc3-n3c4ccccc4c4cc(-c5ccc(C)cc5)ccc43)c2)cc1. The van der Waals surface area contributed by atoms with E-state index in [1.54, 1.807) is 36.4 Å². The summed E-state index contributed by atoms with van der Waals surface area (Å²) in [5, 5.41) is 14.2. The molecule has 0 bridgehead atoms. The van der Waals surface area contributed by atoms with Gasteiger partial charge in [0.2, 0.25) is 0 Å². The summed E-state index contributed by atoms with van der Waals surface area (Å²) in [5.41, 5.74) is 8.48. The number of fused-ring (bicyclic) bond motifs is 6. The Labute approximate surface area is 387 Å². The Kier molecular flexibility index (Phi) is 9.90. The molecular formula is C59H37F6N3. The van der Waals surface area contributed by atoms with Crippen LogP contribution in [-0.2, 0) is 12.4 Å². The molecule has 68 heavy (non-hydrogen) atoms. The molecule has 0 aliphatic heterocycles. The molecule has 0 aliphatic rings. The van der Waals surface area contributed by atoms with E-state index in [1.165, 1.54) is 0 Å². The van der Waals surface area contributed by atoms with E-state index in [9.17, 15) is 18.4 Å². The standard InChI is InChI=1S/C59H37F6N3/c1-35-11-16-38(17-12-35)40-20-27-55-50(30-40)46-7-3-5-9-53(46)67(55)43-23-25-44(45-24-22-42(58(60,61)62)32-52(45)59(63,64)65)48(33-43)49-29-37(34-66)15-26-56(49)68-54-10-6-4-8-47(54)51-31-41(21-28-57(51)68)39-18-13-36(2)14-19-39/h3-33H,1-2H3. The monoisotopic (exact) mass is 901 g/mol. The first-order valence-electron chi connectivity index (χ1n) is 21.9. The fraction of sp³-hybridized carbons (Fsp3) is 0.0678. The van der Waals surface area contributed by atoms with E-state index < -0.39 is 29.0 Å². The Bertz CT molecular complexity index is 3840. The third-order valence-corrected chi connectivity index (χ3v) is 13.0. The second kappa shape index (κ2) is 15.9. The summed E-state index contributed by atoms with van der Waals surface area (Å²) < 4.78 is 92.0. The minimum Gasteiger partial charge on any atom is -0.309 e. The van der Waals surface area contributed by atoms with E-state index in [4.69, 9.17) is 0 Å². The molecule has 0 spiro atoms. The van der Waals surface area contributed by atoms with Gasteiger partial charge in [0, 0.05) is 32.8 Å². The van der Waals surface area contributed by atoms with Gasteiger partial charge in [0.25, 0.3) is 0 Å².